The molecule has 0 fully saturated rings. The Kier molecular flexibility index (Phi) is 8.22. The van der Waals surface area contributed by atoms with Crippen molar-refractivity contribution in [2.45, 2.75) is 53.1 Å². The first-order valence-corrected chi connectivity index (χ1v) is 11.3. The van der Waals surface area contributed by atoms with Crippen molar-refractivity contribution in [1.82, 2.24) is 15.1 Å². The summed E-state index contributed by atoms with van der Waals surface area (Å²) in [5.74, 6) is 2.10. The molecule has 34 heavy (non-hydrogen) atoms. The monoisotopic (exact) mass is 468 g/mol. The molecule has 182 valence electrons. The Bertz CT molecular complexity index is 1120. The van der Waals surface area contributed by atoms with Crippen LogP contribution >= 0.6 is 0 Å². The predicted octanol–water partition coefficient (Wildman–Crippen LogP) is 3.63. The molecule has 0 saturated carbocycles. The second kappa shape index (κ2) is 11.1. The molecule has 0 aliphatic heterocycles. The Morgan fingerprint density at radius 1 is 1.15 bits per heavy atom. The number of nitrogens with zero attached hydrogens (tertiary/aromatic N) is 3. The third kappa shape index (κ3) is 6.54. The van der Waals surface area contributed by atoms with Gasteiger partial charge in [-0.1, -0.05) is 19.0 Å². The Hall–Kier alpha value is -3.46. The van der Waals surface area contributed by atoms with Gasteiger partial charge in [0.15, 0.2) is 0 Å². The molecular formula is C25H32N4O5. The average molecular weight is 469 g/mol. The number of hydrogen-bond acceptors (Lipinski definition) is 8. The number of aliphatic hydroxyl groups excluding tert-OH is 1. The molecule has 1 aromatic carbocycles. The Labute approximate surface area is 199 Å². The van der Waals surface area contributed by atoms with E-state index >= 15 is 0 Å². The van der Waals surface area contributed by atoms with E-state index in [1.807, 2.05) is 32.0 Å². The Morgan fingerprint density at radius 2 is 1.85 bits per heavy atom. The highest BCUT2D eigenvalue weighted by Crippen LogP contribution is 2.31. The molecule has 1 amide bonds. The van der Waals surface area contributed by atoms with Crippen LogP contribution in [0, 0.1) is 19.8 Å². The molecule has 0 aliphatic rings. The molecule has 0 spiro atoms. The van der Waals surface area contributed by atoms with Gasteiger partial charge in [-0.25, -0.2) is 4.98 Å². The fraction of sp³-hybridized carbons (Fsp3) is 0.440. The summed E-state index contributed by atoms with van der Waals surface area (Å²) in [6.07, 6.45) is 0.404. The number of methoxy groups -OCH3 is 1. The van der Waals surface area contributed by atoms with Crippen molar-refractivity contribution in [3.8, 4) is 34.5 Å². The van der Waals surface area contributed by atoms with E-state index < -0.39 is 12.0 Å². The summed E-state index contributed by atoms with van der Waals surface area (Å²) < 4.78 is 16.7. The number of aliphatic hydroxyl groups is 1. The minimum atomic E-state index is -0.776. The van der Waals surface area contributed by atoms with E-state index in [1.54, 1.807) is 13.2 Å². The van der Waals surface area contributed by atoms with Gasteiger partial charge in [-0.3, -0.25) is 4.79 Å². The number of carbonyl (C=O) groups is 1. The van der Waals surface area contributed by atoms with Crippen LogP contribution in [0.15, 0.2) is 28.8 Å². The molecule has 3 rings (SSSR count). The molecule has 0 unspecified atom stereocenters. The minimum Gasteiger partial charge on any atom is -0.497 e. The van der Waals surface area contributed by atoms with Gasteiger partial charge in [0.2, 0.25) is 11.7 Å². The van der Waals surface area contributed by atoms with Gasteiger partial charge in [-0.15, -0.1) is 0 Å². The summed E-state index contributed by atoms with van der Waals surface area (Å²) in [7, 11) is 1.61. The van der Waals surface area contributed by atoms with Gasteiger partial charge >= 0.3 is 0 Å². The van der Waals surface area contributed by atoms with Crippen LogP contribution in [0.3, 0.4) is 0 Å². The smallest absolute Gasteiger partial charge is 0.276 e. The number of pyridine rings is 1. The van der Waals surface area contributed by atoms with Crippen LogP contribution in [0.2, 0.25) is 0 Å². The van der Waals surface area contributed by atoms with E-state index in [0.29, 0.717) is 34.8 Å². The first kappa shape index (κ1) is 25.2. The molecule has 0 bridgehead atoms. The minimum absolute atomic E-state index is 0.0703. The van der Waals surface area contributed by atoms with Crippen molar-refractivity contribution in [2.24, 2.45) is 11.7 Å². The summed E-state index contributed by atoms with van der Waals surface area (Å²) in [4.78, 5) is 20.1. The number of carbonyl (C=O) groups excluding carboxylic acids is 1. The highest BCUT2D eigenvalue weighted by Gasteiger charge is 2.17. The van der Waals surface area contributed by atoms with Crippen molar-refractivity contribution >= 4 is 5.91 Å². The van der Waals surface area contributed by atoms with Crippen LogP contribution in [0.1, 0.15) is 43.5 Å². The fourth-order valence-electron chi connectivity index (χ4n) is 3.63. The maximum Gasteiger partial charge on any atom is 0.276 e. The Balaban J connectivity index is 1.80. The standard InChI is InChI=1S/C25H32N4O5/c1-14(2)8-18-11-20(32-5)12-21(27-18)25-28-24(29-34-25)17-9-15(3)23(16(4)10-17)33-13-19(30)6-7-22(26)31/h9-12,14,19,30H,6-8,13H2,1-5H3,(H2,26,31)/t19-/m0/s1. The first-order chi connectivity index (χ1) is 16.2. The molecule has 2 aromatic heterocycles. The van der Waals surface area contributed by atoms with Gasteiger partial charge in [-0.2, -0.15) is 4.98 Å². The summed E-state index contributed by atoms with van der Waals surface area (Å²) in [5, 5.41) is 14.2. The van der Waals surface area contributed by atoms with E-state index in [-0.39, 0.29) is 19.4 Å². The predicted molar refractivity (Wildman–Crippen MR) is 127 cm³/mol. The second-order valence-corrected chi connectivity index (χ2v) is 8.81. The summed E-state index contributed by atoms with van der Waals surface area (Å²) in [5.41, 5.74) is 9.09. The lowest BCUT2D eigenvalue weighted by atomic mass is 10.1. The number of amides is 1. The molecule has 2 heterocycles. The van der Waals surface area contributed by atoms with Crippen LogP contribution in [0.4, 0.5) is 0 Å². The number of benzene rings is 1. The molecule has 3 N–H and O–H groups in total. The van der Waals surface area contributed by atoms with Gasteiger partial charge in [0.05, 0.1) is 13.2 Å². The molecule has 9 heteroatoms. The van der Waals surface area contributed by atoms with Crippen molar-refractivity contribution in [2.75, 3.05) is 13.7 Å². The van der Waals surface area contributed by atoms with Crippen molar-refractivity contribution in [3.63, 3.8) is 0 Å². The van der Waals surface area contributed by atoms with E-state index in [0.717, 1.165) is 28.8 Å². The van der Waals surface area contributed by atoms with Gasteiger partial charge in [0.1, 0.15) is 23.8 Å². The van der Waals surface area contributed by atoms with Crippen molar-refractivity contribution < 1.29 is 23.9 Å². The largest absolute Gasteiger partial charge is 0.497 e. The quantitative estimate of drug-likeness (QED) is 0.436. The first-order valence-electron chi connectivity index (χ1n) is 11.3. The van der Waals surface area contributed by atoms with Gasteiger partial charge in [0.25, 0.3) is 5.89 Å². The zero-order valence-corrected chi connectivity index (χ0v) is 20.3. The van der Waals surface area contributed by atoms with Crippen molar-refractivity contribution in [1.29, 1.82) is 0 Å². The maximum absolute atomic E-state index is 10.9. The molecule has 9 nitrogen and oxygen atoms in total. The molecule has 1 atom stereocenters. The zero-order valence-electron chi connectivity index (χ0n) is 20.3. The van der Waals surface area contributed by atoms with E-state index in [9.17, 15) is 9.90 Å². The molecule has 0 aliphatic carbocycles. The summed E-state index contributed by atoms with van der Waals surface area (Å²) in [6, 6.07) is 7.49. The molecular weight excluding hydrogens is 436 g/mol. The SMILES string of the molecule is COc1cc(CC(C)C)nc(-c2nc(-c3cc(C)c(OC[C@@H](O)CCC(N)=O)c(C)c3)no2)c1. The number of hydrogen-bond donors (Lipinski definition) is 2. The lowest BCUT2D eigenvalue weighted by Crippen LogP contribution is -2.21. The summed E-state index contributed by atoms with van der Waals surface area (Å²) in [6.45, 7) is 8.15. The topological polar surface area (TPSA) is 134 Å². The van der Waals surface area contributed by atoms with Gasteiger partial charge in [0, 0.05) is 29.8 Å². The maximum atomic E-state index is 10.9. The van der Waals surface area contributed by atoms with Crippen LogP contribution in [0.5, 0.6) is 11.5 Å². The van der Waals surface area contributed by atoms with E-state index in [2.05, 4.69) is 29.0 Å². The number of aromatic nitrogens is 3. The third-order valence-electron chi connectivity index (χ3n) is 5.21. The van der Waals surface area contributed by atoms with Crippen LogP contribution in [0.25, 0.3) is 23.0 Å². The van der Waals surface area contributed by atoms with E-state index in [4.69, 9.17) is 19.7 Å². The number of aryl methyl sites for hydroxylation is 2. The van der Waals surface area contributed by atoms with E-state index in [1.165, 1.54) is 0 Å². The molecule has 0 saturated heterocycles. The third-order valence-corrected chi connectivity index (χ3v) is 5.21. The number of rotatable bonds is 11. The Morgan fingerprint density at radius 3 is 2.47 bits per heavy atom. The van der Waals surface area contributed by atoms with Crippen LogP contribution in [-0.2, 0) is 11.2 Å². The van der Waals surface area contributed by atoms with Crippen LogP contribution in [-0.4, -0.2) is 46.0 Å². The zero-order chi connectivity index (χ0) is 24.8. The van der Waals surface area contributed by atoms with Gasteiger partial charge < -0.3 is 24.8 Å². The summed E-state index contributed by atoms with van der Waals surface area (Å²) >= 11 is 0. The fourth-order valence-corrected chi connectivity index (χ4v) is 3.63. The lowest BCUT2D eigenvalue weighted by molar-refractivity contribution is -0.118. The number of primary amides is 1. The molecule has 0 radical (unpaired) electrons. The number of ether oxygens (including phenoxy) is 2. The highest BCUT2D eigenvalue weighted by atomic mass is 16.5. The lowest BCUT2D eigenvalue weighted by Gasteiger charge is -2.16. The normalized spacial score (nSPS) is 12.1. The van der Waals surface area contributed by atoms with Crippen LogP contribution < -0.4 is 15.2 Å². The van der Waals surface area contributed by atoms with Crippen molar-refractivity contribution in [3.05, 3.63) is 41.1 Å². The highest BCUT2D eigenvalue weighted by molar-refractivity contribution is 5.73. The average Bonchev–Trinajstić information content (AvgIpc) is 3.26. The van der Waals surface area contributed by atoms with Gasteiger partial charge in [-0.05, 0) is 55.9 Å². The second-order valence-electron chi connectivity index (χ2n) is 8.81. The number of nitrogens with two attached hydrogens (primary N) is 1. The molecule has 3 aromatic rings.